The first-order valence-electron chi connectivity index (χ1n) is 14.2. The van der Waals surface area contributed by atoms with E-state index in [4.69, 9.17) is 31.8 Å². The van der Waals surface area contributed by atoms with E-state index in [1.807, 2.05) is 111 Å². The Morgan fingerprint density at radius 3 is 1.04 bits per heavy atom. The van der Waals surface area contributed by atoms with E-state index in [0.717, 1.165) is 11.5 Å². The lowest BCUT2D eigenvalue weighted by Gasteiger charge is -2.07. The zero-order valence-electron chi connectivity index (χ0n) is 26.5. The van der Waals surface area contributed by atoms with E-state index < -0.39 is 0 Å². The van der Waals surface area contributed by atoms with Gasteiger partial charge in [0.05, 0.1) is 11.7 Å². The summed E-state index contributed by atoms with van der Waals surface area (Å²) in [6.45, 7) is 8.44. The normalized spacial score (nSPS) is 8.80. The van der Waals surface area contributed by atoms with Crippen molar-refractivity contribution in [2.75, 3.05) is 19.9 Å². The minimum absolute atomic E-state index is 0.00639. The molecule has 45 heavy (non-hydrogen) atoms. The van der Waals surface area contributed by atoms with Crippen molar-refractivity contribution < 1.29 is 19.1 Å². The van der Waals surface area contributed by atoms with Gasteiger partial charge in [-0.25, -0.2) is 0 Å². The average Bonchev–Trinajstić information content (AvgIpc) is 3.03. The lowest BCUT2D eigenvalue weighted by atomic mass is 10.2. The van der Waals surface area contributed by atoms with Crippen molar-refractivity contribution in [1.29, 1.82) is 10.8 Å². The molecular formula is C35H46N6O4. The van der Waals surface area contributed by atoms with Gasteiger partial charge in [-0.1, -0.05) is 72.8 Å². The zero-order valence-corrected chi connectivity index (χ0v) is 26.5. The van der Waals surface area contributed by atoms with Gasteiger partial charge in [-0.3, -0.25) is 20.4 Å². The van der Waals surface area contributed by atoms with Crippen molar-refractivity contribution in [3.8, 4) is 11.5 Å². The van der Waals surface area contributed by atoms with Gasteiger partial charge in [-0.05, 0) is 76.2 Å². The molecule has 0 aliphatic rings. The Kier molecular flexibility index (Phi) is 22.8. The van der Waals surface area contributed by atoms with Gasteiger partial charge in [0.25, 0.3) is 11.8 Å². The number of para-hydroxylation sites is 2. The molecule has 2 amide bonds. The standard InChI is InChI=1S/C13H12O2.2C9H11NO.2C2H6N2/c1-3-7-12(8-4-1)14-11-15-13-9-5-2-6-10-13;2*1-2-10-9(11)8-6-4-3-5-7-8;2*1-2(3)4/h1-10H,11H2;2*3-7H,2H2,1H3,(H,10,11);2*1H3,(H3,3,4). The maximum absolute atomic E-state index is 11.1. The number of benzene rings is 4. The third kappa shape index (κ3) is 23.6. The van der Waals surface area contributed by atoms with Crippen LogP contribution in [0.2, 0.25) is 0 Å². The van der Waals surface area contributed by atoms with E-state index in [9.17, 15) is 9.59 Å². The minimum atomic E-state index is -0.00639. The van der Waals surface area contributed by atoms with Gasteiger partial charge in [0.2, 0.25) is 6.79 Å². The summed E-state index contributed by atoms with van der Waals surface area (Å²) in [7, 11) is 0. The summed E-state index contributed by atoms with van der Waals surface area (Å²) in [6.07, 6.45) is 0. The quantitative estimate of drug-likeness (QED) is 0.0823. The SMILES string of the molecule is CC(=N)N.CC(=N)N.CCNC(=O)c1ccccc1.CCNC(=O)c1ccccc1.c1ccc(OCOc2ccccc2)cc1. The first-order chi connectivity index (χ1) is 21.6. The Morgan fingerprint density at radius 2 is 0.800 bits per heavy atom. The molecule has 4 rings (SSSR count). The van der Waals surface area contributed by atoms with Crippen LogP contribution in [0.25, 0.3) is 0 Å². The number of rotatable bonds is 8. The van der Waals surface area contributed by atoms with Crippen LogP contribution >= 0.6 is 0 Å². The molecule has 0 fully saturated rings. The maximum Gasteiger partial charge on any atom is 0.251 e. The summed E-state index contributed by atoms with van der Waals surface area (Å²) in [5.74, 6) is 1.95. The predicted molar refractivity (Wildman–Crippen MR) is 183 cm³/mol. The highest BCUT2D eigenvalue weighted by Crippen LogP contribution is 2.11. The van der Waals surface area contributed by atoms with Gasteiger partial charge < -0.3 is 31.6 Å². The lowest BCUT2D eigenvalue weighted by molar-refractivity contribution is 0.0947. The van der Waals surface area contributed by atoms with E-state index in [0.29, 0.717) is 24.2 Å². The molecule has 4 aromatic carbocycles. The van der Waals surface area contributed by atoms with Crippen molar-refractivity contribution in [3.05, 3.63) is 132 Å². The van der Waals surface area contributed by atoms with Crippen LogP contribution in [0.15, 0.2) is 121 Å². The van der Waals surface area contributed by atoms with Crippen molar-refractivity contribution in [3.63, 3.8) is 0 Å². The number of hydrogen-bond donors (Lipinski definition) is 6. The molecule has 0 aliphatic heterocycles. The maximum atomic E-state index is 11.1. The molecule has 4 aromatic rings. The molecule has 10 nitrogen and oxygen atoms in total. The molecule has 0 aliphatic carbocycles. The molecule has 0 bridgehead atoms. The van der Waals surface area contributed by atoms with Crippen LogP contribution in [-0.2, 0) is 0 Å². The fourth-order valence-corrected chi connectivity index (χ4v) is 2.90. The molecule has 240 valence electrons. The molecule has 10 heteroatoms. The smallest absolute Gasteiger partial charge is 0.251 e. The van der Waals surface area contributed by atoms with Gasteiger partial charge in [-0.2, -0.15) is 0 Å². The predicted octanol–water partition coefficient (Wildman–Crippen LogP) is 5.86. The Balaban J connectivity index is 0.000000584. The zero-order chi connectivity index (χ0) is 33.7. The van der Waals surface area contributed by atoms with Gasteiger partial charge >= 0.3 is 0 Å². The Morgan fingerprint density at radius 1 is 0.556 bits per heavy atom. The van der Waals surface area contributed by atoms with Crippen LogP contribution in [0.5, 0.6) is 11.5 Å². The third-order valence-electron chi connectivity index (χ3n) is 4.68. The Labute approximate surface area is 266 Å². The third-order valence-corrected chi connectivity index (χ3v) is 4.68. The fourth-order valence-electron chi connectivity index (χ4n) is 2.90. The van der Waals surface area contributed by atoms with Crippen LogP contribution in [0.1, 0.15) is 48.4 Å². The van der Waals surface area contributed by atoms with E-state index in [2.05, 4.69) is 10.6 Å². The minimum Gasteiger partial charge on any atom is -0.458 e. The second kappa shape index (κ2) is 26.0. The summed E-state index contributed by atoms with van der Waals surface area (Å²) >= 11 is 0. The van der Waals surface area contributed by atoms with Crippen LogP contribution in [0.3, 0.4) is 0 Å². The van der Waals surface area contributed by atoms with E-state index >= 15 is 0 Å². The van der Waals surface area contributed by atoms with Crippen LogP contribution < -0.4 is 31.6 Å². The molecule has 0 aromatic heterocycles. The van der Waals surface area contributed by atoms with E-state index in [1.54, 1.807) is 24.3 Å². The number of nitrogens with one attached hydrogen (secondary N) is 4. The Bertz CT molecular complexity index is 1230. The molecule has 0 radical (unpaired) electrons. The molecule has 0 saturated heterocycles. The molecular weight excluding hydrogens is 568 g/mol. The monoisotopic (exact) mass is 614 g/mol. The number of carbonyl (C=O) groups excluding carboxylic acids is 2. The van der Waals surface area contributed by atoms with Gasteiger partial charge in [0.1, 0.15) is 11.5 Å². The topological polar surface area (TPSA) is 176 Å². The largest absolute Gasteiger partial charge is 0.458 e. The number of hydrogen-bond acceptors (Lipinski definition) is 6. The van der Waals surface area contributed by atoms with Crippen molar-refractivity contribution in [2.45, 2.75) is 27.7 Å². The van der Waals surface area contributed by atoms with Crippen molar-refractivity contribution in [1.82, 2.24) is 10.6 Å². The number of ether oxygens (including phenoxy) is 2. The number of nitrogens with two attached hydrogens (primary N) is 2. The van der Waals surface area contributed by atoms with Crippen molar-refractivity contribution in [2.24, 2.45) is 11.5 Å². The second-order valence-electron chi connectivity index (χ2n) is 8.85. The molecule has 0 spiro atoms. The van der Waals surface area contributed by atoms with Crippen LogP contribution in [-0.4, -0.2) is 43.4 Å². The summed E-state index contributed by atoms with van der Waals surface area (Å²) < 4.78 is 10.8. The Hall–Kier alpha value is -5.64. The van der Waals surface area contributed by atoms with Gasteiger partial charge in [-0.15, -0.1) is 0 Å². The average molecular weight is 615 g/mol. The van der Waals surface area contributed by atoms with Crippen LogP contribution in [0.4, 0.5) is 0 Å². The van der Waals surface area contributed by atoms with E-state index in [1.165, 1.54) is 13.8 Å². The highest BCUT2D eigenvalue weighted by molar-refractivity contribution is 5.94. The molecule has 0 atom stereocenters. The van der Waals surface area contributed by atoms with E-state index in [-0.39, 0.29) is 30.3 Å². The fraction of sp³-hybridized carbons (Fsp3) is 0.200. The number of carbonyl (C=O) groups is 2. The van der Waals surface area contributed by atoms with Crippen molar-refractivity contribution >= 4 is 23.5 Å². The molecule has 0 unspecified atom stereocenters. The lowest BCUT2D eigenvalue weighted by Crippen LogP contribution is -2.22. The summed E-state index contributed by atoms with van der Waals surface area (Å²) in [5.41, 5.74) is 10.8. The molecule has 0 saturated carbocycles. The first kappa shape index (κ1) is 39.4. The highest BCUT2D eigenvalue weighted by atomic mass is 16.7. The summed E-state index contributed by atoms with van der Waals surface area (Å²) in [5, 5.41) is 18.0. The summed E-state index contributed by atoms with van der Waals surface area (Å²) in [6, 6.07) is 37.6. The van der Waals surface area contributed by atoms with Crippen LogP contribution in [0, 0.1) is 10.8 Å². The highest BCUT2D eigenvalue weighted by Gasteiger charge is 2.00. The molecule has 8 N–H and O–H groups in total. The van der Waals surface area contributed by atoms with Gasteiger partial charge in [0.15, 0.2) is 0 Å². The second-order valence-corrected chi connectivity index (χ2v) is 8.85. The first-order valence-corrected chi connectivity index (χ1v) is 14.2. The van der Waals surface area contributed by atoms with Gasteiger partial charge in [0, 0.05) is 24.2 Å². The number of amidine groups is 2. The number of amides is 2. The molecule has 0 heterocycles. The summed E-state index contributed by atoms with van der Waals surface area (Å²) in [4.78, 5) is 22.3.